The topological polar surface area (TPSA) is 60.4 Å². The first-order valence-corrected chi connectivity index (χ1v) is 11.6. The van der Waals surface area contributed by atoms with Crippen molar-refractivity contribution in [2.75, 3.05) is 21.3 Å². The second kappa shape index (κ2) is 10.9. The van der Waals surface area contributed by atoms with Crippen LogP contribution in [0.1, 0.15) is 16.7 Å². The number of amides is 1. The Bertz CT molecular complexity index is 1180. The van der Waals surface area contributed by atoms with Crippen molar-refractivity contribution in [3.63, 3.8) is 0 Å². The average Bonchev–Trinajstić information content (AvgIpc) is 3.17. The molecule has 6 nitrogen and oxygen atoms in total. The molecular weight excluding hydrogens is 448 g/mol. The number of methoxy groups -OCH3 is 3. The molecule has 3 aromatic carbocycles. The standard InChI is InChI=1S/C27H26N2O4S/c1-31-22-14-21(15-23(32-2)25(22)33-3)16-24-26(30)29(18-20-12-8-5-9-13-20)27(34-24)28-17-19-10-6-4-7-11-19/h4-16H,17-18H2,1-3H3/b24-16-,28-27?. The molecule has 1 aliphatic heterocycles. The van der Waals surface area contributed by atoms with Crippen LogP contribution in [0, 0.1) is 0 Å². The summed E-state index contributed by atoms with van der Waals surface area (Å²) in [7, 11) is 4.70. The minimum absolute atomic E-state index is 0.0885. The summed E-state index contributed by atoms with van der Waals surface area (Å²) in [6, 6.07) is 23.6. The Labute approximate surface area is 203 Å². The number of amidine groups is 1. The molecule has 0 aromatic heterocycles. The molecule has 0 atom stereocenters. The summed E-state index contributed by atoms with van der Waals surface area (Å²) in [4.78, 5) is 20.5. The highest BCUT2D eigenvalue weighted by atomic mass is 32.2. The highest BCUT2D eigenvalue weighted by Crippen LogP contribution is 2.40. The van der Waals surface area contributed by atoms with Crippen molar-refractivity contribution in [3.8, 4) is 17.2 Å². The van der Waals surface area contributed by atoms with E-state index >= 15 is 0 Å². The third kappa shape index (κ3) is 5.26. The van der Waals surface area contributed by atoms with Crippen molar-refractivity contribution in [2.45, 2.75) is 13.1 Å². The van der Waals surface area contributed by atoms with Crippen LogP contribution < -0.4 is 14.2 Å². The van der Waals surface area contributed by atoms with Crippen molar-refractivity contribution in [3.05, 3.63) is 94.4 Å². The third-order valence-corrected chi connectivity index (χ3v) is 6.34. The molecule has 0 N–H and O–H groups in total. The predicted octanol–water partition coefficient (Wildman–Crippen LogP) is 5.39. The molecule has 0 unspecified atom stereocenters. The van der Waals surface area contributed by atoms with Gasteiger partial charge < -0.3 is 14.2 Å². The summed E-state index contributed by atoms with van der Waals surface area (Å²) >= 11 is 1.37. The zero-order chi connectivity index (χ0) is 23.9. The van der Waals surface area contributed by atoms with Gasteiger partial charge in [0.05, 0.1) is 39.3 Å². The van der Waals surface area contributed by atoms with E-state index in [0.29, 0.717) is 40.4 Å². The number of nitrogens with zero attached hydrogens (tertiary/aromatic N) is 2. The van der Waals surface area contributed by atoms with E-state index < -0.39 is 0 Å². The van der Waals surface area contributed by atoms with Crippen LogP contribution in [0.25, 0.3) is 6.08 Å². The number of benzene rings is 3. The molecule has 1 aliphatic rings. The van der Waals surface area contributed by atoms with Gasteiger partial charge in [-0.3, -0.25) is 14.7 Å². The molecule has 1 heterocycles. The first-order chi connectivity index (χ1) is 16.6. The molecule has 0 aliphatic carbocycles. The van der Waals surface area contributed by atoms with Gasteiger partial charge in [0.25, 0.3) is 5.91 Å². The highest BCUT2D eigenvalue weighted by Gasteiger charge is 2.33. The number of thioether (sulfide) groups is 1. The summed E-state index contributed by atoms with van der Waals surface area (Å²) in [5, 5.41) is 0.677. The molecule has 1 saturated heterocycles. The van der Waals surface area contributed by atoms with Crippen molar-refractivity contribution in [1.82, 2.24) is 4.90 Å². The zero-order valence-electron chi connectivity index (χ0n) is 19.4. The second-order valence-corrected chi connectivity index (χ2v) is 8.54. The van der Waals surface area contributed by atoms with Gasteiger partial charge in [-0.05, 0) is 46.7 Å². The van der Waals surface area contributed by atoms with E-state index in [1.165, 1.54) is 11.8 Å². The number of carbonyl (C=O) groups excluding carboxylic acids is 1. The maximum atomic E-state index is 13.4. The van der Waals surface area contributed by atoms with Gasteiger partial charge in [0, 0.05) is 0 Å². The fraction of sp³-hybridized carbons (Fsp3) is 0.185. The van der Waals surface area contributed by atoms with Crippen molar-refractivity contribution in [1.29, 1.82) is 0 Å². The fourth-order valence-electron chi connectivity index (χ4n) is 3.61. The Hall–Kier alpha value is -3.71. The molecule has 34 heavy (non-hydrogen) atoms. The van der Waals surface area contributed by atoms with Gasteiger partial charge in [0.2, 0.25) is 5.75 Å². The number of aliphatic imine (C=N–C) groups is 1. The van der Waals surface area contributed by atoms with E-state index in [-0.39, 0.29) is 5.91 Å². The second-order valence-electron chi connectivity index (χ2n) is 7.53. The molecule has 4 rings (SSSR count). The number of rotatable bonds is 8. The van der Waals surface area contributed by atoms with Crippen LogP contribution >= 0.6 is 11.8 Å². The van der Waals surface area contributed by atoms with Crippen molar-refractivity contribution < 1.29 is 19.0 Å². The van der Waals surface area contributed by atoms with Crippen LogP contribution in [0.2, 0.25) is 0 Å². The molecule has 174 valence electrons. The Morgan fingerprint density at radius 3 is 2.00 bits per heavy atom. The van der Waals surface area contributed by atoms with Gasteiger partial charge in [-0.2, -0.15) is 0 Å². The normalized spacial score (nSPS) is 15.7. The van der Waals surface area contributed by atoms with Crippen LogP contribution in [0.15, 0.2) is 82.7 Å². The first-order valence-electron chi connectivity index (χ1n) is 10.8. The Morgan fingerprint density at radius 1 is 0.853 bits per heavy atom. The SMILES string of the molecule is COc1cc(/C=C2\SC(=NCc3ccccc3)N(Cc3ccccc3)C2=O)cc(OC)c1OC. The van der Waals surface area contributed by atoms with Gasteiger partial charge >= 0.3 is 0 Å². The molecule has 1 amide bonds. The van der Waals surface area contributed by atoms with Crippen molar-refractivity contribution in [2.24, 2.45) is 4.99 Å². The summed E-state index contributed by atoms with van der Waals surface area (Å²) < 4.78 is 16.3. The predicted molar refractivity (Wildman–Crippen MR) is 136 cm³/mol. The molecule has 1 fully saturated rings. The minimum atomic E-state index is -0.0885. The molecule has 3 aromatic rings. The maximum Gasteiger partial charge on any atom is 0.267 e. The van der Waals surface area contributed by atoms with Gasteiger partial charge in [-0.25, -0.2) is 0 Å². The molecule has 0 radical (unpaired) electrons. The summed E-state index contributed by atoms with van der Waals surface area (Å²) in [6.07, 6.45) is 1.83. The van der Waals surface area contributed by atoms with Crippen LogP contribution in [0.4, 0.5) is 0 Å². The highest BCUT2D eigenvalue weighted by molar-refractivity contribution is 8.18. The minimum Gasteiger partial charge on any atom is -0.493 e. The summed E-state index contributed by atoms with van der Waals surface area (Å²) in [5.74, 6) is 1.48. The van der Waals surface area contributed by atoms with E-state index in [4.69, 9.17) is 19.2 Å². The quantitative estimate of drug-likeness (QED) is 0.410. The van der Waals surface area contributed by atoms with Crippen LogP contribution in [0.3, 0.4) is 0 Å². The lowest BCUT2D eigenvalue weighted by molar-refractivity contribution is -0.122. The molecule has 7 heteroatoms. The Balaban J connectivity index is 1.68. The lowest BCUT2D eigenvalue weighted by Gasteiger charge is -2.15. The monoisotopic (exact) mass is 474 g/mol. The molecule has 0 bridgehead atoms. The van der Waals surface area contributed by atoms with E-state index in [2.05, 4.69) is 0 Å². The first kappa shape index (κ1) is 23.4. The lowest BCUT2D eigenvalue weighted by Crippen LogP contribution is -2.28. The van der Waals surface area contributed by atoms with E-state index in [9.17, 15) is 4.79 Å². The molecule has 0 spiro atoms. The lowest BCUT2D eigenvalue weighted by atomic mass is 10.1. The number of hydrogen-bond donors (Lipinski definition) is 0. The van der Waals surface area contributed by atoms with E-state index in [1.807, 2.05) is 78.9 Å². The molecular formula is C27H26N2O4S. The number of carbonyl (C=O) groups is 1. The zero-order valence-corrected chi connectivity index (χ0v) is 20.2. The van der Waals surface area contributed by atoms with Crippen molar-refractivity contribution >= 4 is 28.9 Å². The van der Waals surface area contributed by atoms with E-state index in [1.54, 1.807) is 26.2 Å². The average molecular weight is 475 g/mol. The maximum absolute atomic E-state index is 13.4. The van der Waals surface area contributed by atoms with Gasteiger partial charge in [-0.15, -0.1) is 0 Å². The van der Waals surface area contributed by atoms with Gasteiger partial charge in [-0.1, -0.05) is 60.7 Å². The number of hydrogen-bond acceptors (Lipinski definition) is 6. The smallest absolute Gasteiger partial charge is 0.267 e. The van der Waals surface area contributed by atoms with Gasteiger partial charge in [0.15, 0.2) is 16.7 Å². The van der Waals surface area contributed by atoms with Crippen LogP contribution in [0.5, 0.6) is 17.2 Å². The summed E-state index contributed by atoms with van der Waals surface area (Å²) in [5.41, 5.74) is 2.90. The van der Waals surface area contributed by atoms with Crippen LogP contribution in [-0.4, -0.2) is 37.3 Å². The van der Waals surface area contributed by atoms with Gasteiger partial charge in [0.1, 0.15) is 0 Å². The largest absolute Gasteiger partial charge is 0.493 e. The Morgan fingerprint density at radius 2 is 1.44 bits per heavy atom. The Kier molecular flexibility index (Phi) is 7.54. The third-order valence-electron chi connectivity index (χ3n) is 5.30. The summed E-state index contributed by atoms with van der Waals surface area (Å²) in [6.45, 7) is 0.950. The molecule has 0 saturated carbocycles. The number of ether oxygens (including phenoxy) is 3. The van der Waals surface area contributed by atoms with Crippen LogP contribution in [-0.2, 0) is 17.9 Å². The van der Waals surface area contributed by atoms with E-state index in [0.717, 1.165) is 16.7 Å². The fourth-order valence-corrected chi connectivity index (χ4v) is 4.59.